The van der Waals surface area contributed by atoms with E-state index in [1.54, 1.807) is 23.3 Å². The number of likely N-dealkylation sites (tertiary alicyclic amines) is 1. The van der Waals surface area contributed by atoms with E-state index in [0.29, 0.717) is 18.3 Å². The maximum absolute atomic E-state index is 8.64. The highest BCUT2D eigenvalue weighted by Crippen LogP contribution is 2.21. The van der Waals surface area contributed by atoms with Crippen LogP contribution in [-0.4, -0.2) is 54.1 Å². The number of nitrogens with zero attached hydrogens (tertiary/aromatic N) is 8. The van der Waals surface area contributed by atoms with E-state index in [1.165, 1.54) is 0 Å². The number of aromatic nitrogens is 6. The van der Waals surface area contributed by atoms with Crippen LogP contribution in [0, 0.1) is 17.2 Å². The Labute approximate surface area is 144 Å². The van der Waals surface area contributed by atoms with Crippen molar-refractivity contribution in [3.05, 3.63) is 24.8 Å². The van der Waals surface area contributed by atoms with Crippen LogP contribution in [0.5, 0.6) is 0 Å². The van der Waals surface area contributed by atoms with E-state index in [1.807, 2.05) is 17.9 Å². The molecule has 128 valence electrons. The van der Waals surface area contributed by atoms with Gasteiger partial charge in [0.05, 0.1) is 29.5 Å². The number of fused-ring (bicyclic) bond motifs is 1. The minimum atomic E-state index is 0.534. The van der Waals surface area contributed by atoms with Crippen molar-refractivity contribution in [2.45, 2.75) is 13.0 Å². The molecule has 0 aromatic carbocycles. The summed E-state index contributed by atoms with van der Waals surface area (Å²) in [5.74, 6) is 1.08. The van der Waals surface area contributed by atoms with Crippen molar-refractivity contribution in [3.8, 4) is 6.07 Å². The van der Waals surface area contributed by atoms with Crippen LogP contribution in [0.4, 0.5) is 11.6 Å². The molecule has 1 aliphatic rings. The lowest BCUT2D eigenvalue weighted by Crippen LogP contribution is -2.48. The Morgan fingerprint density at radius 3 is 2.92 bits per heavy atom. The number of hydrogen-bond donors (Lipinski definition) is 1. The first-order chi connectivity index (χ1) is 12.2. The predicted octanol–water partition coefficient (Wildman–Crippen LogP) is 1.15. The van der Waals surface area contributed by atoms with Crippen molar-refractivity contribution in [2.24, 2.45) is 13.0 Å². The number of nitrogens with one attached hydrogen (secondary N) is 1. The molecular weight excluding hydrogens is 318 g/mol. The molecule has 0 saturated carbocycles. The monoisotopic (exact) mass is 337 g/mol. The first-order valence-corrected chi connectivity index (χ1v) is 8.25. The van der Waals surface area contributed by atoms with Crippen LogP contribution in [0.2, 0.25) is 0 Å². The van der Waals surface area contributed by atoms with E-state index in [4.69, 9.17) is 5.26 Å². The van der Waals surface area contributed by atoms with E-state index in [-0.39, 0.29) is 0 Å². The van der Waals surface area contributed by atoms with Gasteiger partial charge in [-0.3, -0.25) is 4.68 Å². The van der Waals surface area contributed by atoms with Gasteiger partial charge in [-0.25, -0.2) is 9.67 Å². The van der Waals surface area contributed by atoms with Crippen LogP contribution in [0.15, 0.2) is 24.8 Å². The number of hydrogen-bond acceptors (Lipinski definition) is 7. The zero-order chi connectivity index (χ0) is 17.2. The molecule has 0 atom stereocenters. The Hall–Kier alpha value is -2.99. The number of nitriles is 1. The van der Waals surface area contributed by atoms with Gasteiger partial charge in [0.2, 0.25) is 5.95 Å². The third kappa shape index (κ3) is 3.29. The Morgan fingerprint density at radius 2 is 2.16 bits per heavy atom. The molecule has 0 spiro atoms. The molecule has 1 saturated heterocycles. The maximum Gasteiger partial charge on any atom is 0.229 e. The summed E-state index contributed by atoms with van der Waals surface area (Å²) in [7, 11) is 1.86. The van der Waals surface area contributed by atoms with Gasteiger partial charge in [0.1, 0.15) is 0 Å². The van der Waals surface area contributed by atoms with E-state index in [9.17, 15) is 0 Å². The van der Waals surface area contributed by atoms with Gasteiger partial charge in [-0.05, 0) is 0 Å². The van der Waals surface area contributed by atoms with Crippen molar-refractivity contribution >= 4 is 22.7 Å². The molecular formula is C16H19N9. The van der Waals surface area contributed by atoms with Crippen LogP contribution in [-0.2, 0) is 13.6 Å². The summed E-state index contributed by atoms with van der Waals surface area (Å²) in [5, 5.41) is 21.3. The fourth-order valence-corrected chi connectivity index (χ4v) is 3.10. The number of rotatable bonds is 6. The second-order valence-corrected chi connectivity index (χ2v) is 6.36. The molecule has 4 rings (SSSR count). The van der Waals surface area contributed by atoms with Gasteiger partial charge in [0, 0.05) is 58.0 Å². The second kappa shape index (κ2) is 6.49. The highest BCUT2D eigenvalue weighted by Gasteiger charge is 2.27. The van der Waals surface area contributed by atoms with Gasteiger partial charge in [-0.2, -0.15) is 20.4 Å². The topological polar surface area (TPSA) is 100 Å². The lowest BCUT2D eigenvalue weighted by molar-refractivity contribution is 0.0888. The molecule has 1 N–H and O–H groups in total. The molecule has 1 fully saturated rings. The standard InChI is InChI=1S/C16H19N9/c1-23-11-14(7-19-23)21-16-18-5-13-6-20-25(15(13)22-16)10-12-8-24(9-12)4-2-3-17/h5-7,11-12H,2,4,8-10H2,1H3,(H,18,21,22). The summed E-state index contributed by atoms with van der Waals surface area (Å²) in [5.41, 5.74) is 1.68. The molecule has 0 radical (unpaired) electrons. The summed E-state index contributed by atoms with van der Waals surface area (Å²) in [6, 6.07) is 2.19. The van der Waals surface area contributed by atoms with Gasteiger partial charge in [-0.15, -0.1) is 0 Å². The summed E-state index contributed by atoms with van der Waals surface area (Å²) >= 11 is 0. The number of aryl methyl sites for hydroxylation is 1. The molecule has 0 aliphatic carbocycles. The Bertz CT molecular complexity index is 913. The Kier molecular flexibility index (Phi) is 4.03. The summed E-state index contributed by atoms with van der Waals surface area (Å²) in [6.45, 7) is 3.70. The van der Waals surface area contributed by atoms with Crippen LogP contribution >= 0.6 is 0 Å². The molecule has 0 amide bonds. The zero-order valence-electron chi connectivity index (χ0n) is 14.0. The van der Waals surface area contributed by atoms with Crippen molar-refractivity contribution in [1.82, 2.24) is 34.4 Å². The average molecular weight is 337 g/mol. The largest absolute Gasteiger partial charge is 0.321 e. The second-order valence-electron chi connectivity index (χ2n) is 6.36. The first-order valence-electron chi connectivity index (χ1n) is 8.25. The maximum atomic E-state index is 8.64. The Morgan fingerprint density at radius 1 is 1.28 bits per heavy atom. The molecule has 3 aromatic rings. The van der Waals surface area contributed by atoms with Crippen molar-refractivity contribution < 1.29 is 0 Å². The van der Waals surface area contributed by atoms with Gasteiger partial charge < -0.3 is 10.2 Å². The van der Waals surface area contributed by atoms with Crippen LogP contribution in [0.25, 0.3) is 11.0 Å². The van der Waals surface area contributed by atoms with Crippen molar-refractivity contribution in [3.63, 3.8) is 0 Å². The van der Waals surface area contributed by atoms with E-state index in [0.717, 1.165) is 42.9 Å². The van der Waals surface area contributed by atoms with Gasteiger partial charge >= 0.3 is 0 Å². The molecule has 0 unspecified atom stereocenters. The van der Waals surface area contributed by atoms with Gasteiger partial charge in [-0.1, -0.05) is 0 Å². The SMILES string of the molecule is Cn1cc(Nc2ncc3cnn(CC4CN(CCC#N)C4)c3n2)cn1. The zero-order valence-corrected chi connectivity index (χ0v) is 14.0. The van der Waals surface area contributed by atoms with Gasteiger partial charge in [0.15, 0.2) is 5.65 Å². The highest BCUT2D eigenvalue weighted by atomic mass is 15.3. The summed E-state index contributed by atoms with van der Waals surface area (Å²) in [4.78, 5) is 11.2. The normalized spacial score (nSPS) is 15.2. The summed E-state index contributed by atoms with van der Waals surface area (Å²) < 4.78 is 3.66. The molecule has 25 heavy (non-hydrogen) atoms. The lowest BCUT2D eigenvalue weighted by atomic mass is 10.0. The fourth-order valence-electron chi connectivity index (χ4n) is 3.10. The third-order valence-electron chi connectivity index (χ3n) is 4.34. The van der Waals surface area contributed by atoms with E-state index in [2.05, 4.69) is 36.5 Å². The molecule has 1 aliphatic heterocycles. The van der Waals surface area contributed by atoms with Crippen LogP contribution < -0.4 is 5.32 Å². The van der Waals surface area contributed by atoms with Crippen LogP contribution in [0.1, 0.15) is 6.42 Å². The molecule has 9 nitrogen and oxygen atoms in total. The predicted molar refractivity (Wildman–Crippen MR) is 92.0 cm³/mol. The molecule has 0 bridgehead atoms. The Balaban J connectivity index is 1.45. The van der Waals surface area contributed by atoms with E-state index >= 15 is 0 Å². The first kappa shape index (κ1) is 15.5. The quantitative estimate of drug-likeness (QED) is 0.720. The molecule has 9 heteroatoms. The third-order valence-corrected chi connectivity index (χ3v) is 4.34. The summed E-state index contributed by atoms with van der Waals surface area (Å²) in [6.07, 6.45) is 7.78. The average Bonchev–Trinajstić information content (AvgIpc) is 3.15. The highest BCUT2D eigenvalue weighted by molar-refractivity contribution is 5.75. The van der Waals surface area contributed by atoms with Gasteiger partial charge in [0.25, 0.3) is 0 Å². The van der Waals surface area contributed by atoms with Crippen molar-refractivity contribution in [1.29, 1.82) is 5.26 Å². The van der Waals surface area contributed by atoms with Crippen LogP contribution in [0.3, 0.4) is 0 Å². The molecule has 3 aromatic heterocycles. The smallest absolute Gasteiger partial charge is 0.229 e. The molecule has 4 heterocycles. The number of anilines is 2. The minimum Gasteiger partial charge on any atom is -0.321 e. The van der Waals surface area contributed by atoms with E-state index < -0.39 is 0 Å². The fraction of sp³-hybridized carbons (Fsp3) is 0.438. The lowest BCUT2D eigenvalue weighted by Gasteiger charge is -2.38. The minimum absolute atomic E-state index is 0.534. The van der Waals surface area contributed by atoms with Crippen molar-refractivity contribution in [2.75, 3.05) is 25.0 Å².